The van der Waals surface area contributed by atoms with Crippen molar-refractivity contribution in [2.45, 2.75) is 79.1 Å². The molecule has 25 heavy (non-hydrogen) atoms. The van der Waals surface area contributed by atoms with Gasteiger partial charge in [0.05, 0.1) is 0 Å². The van der Waals surface area contributed by atoms with Crippen molar-refractivity contribution in [3.8, 4) is 0 Å². The highest BCUT2D eigenvalue weighted by Crippen LogP contribution is 2.68. The number of ketones is 2. The third-order valence-electron chi connectivity index (χ3n) is 9.10. The predicted molar refractivity (Wildman–Crippen MR) is 100 cm³/mol. The van der Waals surface area contributed by atoms with E-state index in [1.807, 2.05) is 13.0 Å². The molecule has 3 fully saturated rings. The van der Waals surface area contributed by atoms with Crippen LogP contribution in [0.1, 0.15) is 79.1 Å². The summed E-state index contributed by atoms with van der Waals surface area (Å²) in [6, 6.07) is 0. The van der Waals surface area contributed by atoms with Crippen molar-refractivity contribution in [3.05, 3.63) is 11.6 Å². The fourth-order valence-electron chi connectivity index (χ4n) is 7.94. The van der Waals surface area contributed by atoms with Gasteiger partial charge in [-0.1, -0.05) is 32.8 Å². The molecule has 4 unspecified atom stereocenters. The summed E-state index contributed by atoms with van der Waals surface area (Å²) in [6.45, 7) is 8.99. The van der Waals surface area contributed by atoms with E-state index < -0.39 is 0 Å². The second-order valence-electron chi connectivity index (χ2n) is 10.0. The summed E-state index contributed by atoms with van der Waals surface area (Å²) in [5.41, 5.74) is 1.91. The number of Topliss-reactive ketones (excluding diaryl/α,β-unsaturated/α-hetero) is 1. The molecule has 138 valence electrons. The number of hydrogen-bond acceptors (Lipinski definition) is 2. The summed E-state index contributed by atoms with van der Waals surface area (Å²) in [6.07, 6.45) is 11.0. The van der Waals surface area contributed by atoms with Crippen LogP contribution < -0.4 is 0 Å². The fourth-order valence-corrected chi connectivity index (χ4v) is 7.94. The second-order valence-corrected chi connectivity index (χ2v) is 10.0. The molecule has 0 heterocycles. The molecular formula is C23H34O2. The minimum absolute atomic E-state index is 0.218. The highest BCUT2D eigenvalue weighted by Gasteiger charge is 2.61. The number of fused-ring (bicyclic) bond motifs is 5. The lowest BCUT2D eigenvalue weighted by atomic mass is 9.46. The van der Waals surface area contributed by atoms with Gasteiger partial charge in [-0.05, 0) is 86.0 Å². The Morgan fingerprint density at radius 3 is 2.60 bits per heavy atom. The number of allylic oxidation sites excluding steroid dienone is 1. The maximum absolute atomic E-state index is 12.5. The van der Waals surface area contributed by atoms with Gasteiger partial charge in [-0.15, -0.1) is 0 Å². The van der Waals surface area contributed by atoms with Gasteiger partial charge in [0, 0.05) is 12.3 Å². The minimum atomic E-state index is 0.218. The minimum Gasteiger partial charge on any atom is -0.300 e. The Balaban J connectivity index is 1.69. The first-order valence-electron chi connectivity index (χ1n) is 10.6. The van der Waals surface area contributed by atoms with Crippen molar-refractivity contribution in [3.63, 3.8) is 0 Å². The fraction of sp³-hybridized carbons (Fsp3) is 0.826. The van der Waals surface area contributed by atoms with Crippen molar-refractivity contribution < 1.29 is 9.59 Å². The first-order valence-corrected chi connectivity index (χ1v) is 10.6. The van der Waals surface area contributed by atoms with E-state index in [-0.39, 0.29) is 16.7 Å². The van der Waals surface area contributed by atoms with Gasteiger partial charge in [-0.2, -0.15) is 0 Å². The molecule has 0 aliphatic heterocycles. The Bertz CT molecular complexity index is 632. The molecule has 3 saturated carbocycles. The van der Waals surface area contributed by atoms with Gasteiger partial charge in [0.25, 0.3) is 0 Å². The van der Waals surface area contributed by atoms with E-state index in [0.29, 0.717) is 23.4 Å². The van der Waals surface area contributed by atoms with E-state index >= 15 is 0 Å². The lowest BCUT2D eigenvalue weighted by Gasteiger charge is -2.58. The Kier molecular flexibility index (Phi) is 4.05. The molecule has 0 aromatic heterocycles. The molecular weight excluding hydrogens is 308 g/mol. The normalized spacial score (nSPS) is 49.0. The molecule has 0 radical (unpaired) electrons. The molecule has 4 aliphatic rings. The van der Waals surface area contributed by atoms with Crippen LogP contribution in [0.4, 0.5) is 0 Å². The smallest absolute Gasteiger partial charge is 0.155 e. The monoisotopic (exact) mass is 342 g/mol. The van der Waals surface area contributed by atoms with E-state index in [2.05, 4.69) is 20.8 Å². The molecule has 0 aromatic rings. The van der Waals surface area contributed by atoms with Crippen LogP contribution in [0.2, 0.25) is 0 Å². The van der Waals surface area contributed by atoms with Gasteiger partial charge in [0.1, 0.15) is 5.78 Å². The van der Waals surface area contributed by atoms with Gasteiger partial charge in [0.2, 0.25) is 0 Å². The average Bonchev–Trinajstić information content (AvgIpc) is 2.88. The lowest BCUT2D eigenvalue weighted by Crippen LogP contribution is -2.51. The lowest BCUT2D eigenvalue weighted by molar-refractivity contribution is -0.130. The number of carbonyl (C=O) groups is 2. The van der Waals surface area contributed by atoms with Crippen molar-refractivity contribution in [2.24, 2.45) is 40.4 Å². The van der Waals surface area contributed by atoms with E-state index in [1.54, 1.807) is 0 Å². The van der Waals surface area contributed by atoms with Crippen LogP contribution in [-0.2, 0) is 9.59 Å². The van der Waals surface area contributed by atoms with E-state index in [1.165, 1.54) is 31.3 Å². The molecule has 0 bridgehead atoms. The highest BCUT2D eigenvalue weighted by molar-refractivity contribution is 5.91. The SMILES string of the molecule is CC[C@@H]1CC2C3CCC4=CC(=O)CC[C@]4(C)C3CC[C@]2(C)C1C(C)=O. The molecule has 0 aromatic carbocycles. The predicted octanol–water partition coefficient (Wildman–Crippen LogP) is 5.36. The van der Waals surface area contributed by atoms with Gasteiger partial charge >= 0.3 is 0 Å². The first kappa shape index (κ1) is 17.5. The van der Waals surface area contributed by atoms with Crippen LogP contribution in [0.3, 0.4) is 0 Å². The molecule has 0 saturated heterocycles. The van der Waals surface area contributed by atoms with E-state index in [4.69, 9.17) is 0 Å². The zero-order chi connectivity index (χ0) is 18.0. The van der Waals surface area contributed by atoms with Crippen LogP contribution in [0, 0.1) is 40.4 Å². The highest BCUT2D eigenvalue weighted by atomic mass is 16.1. The molecule has 2 heteroatoms. The summed E-state index contributed by atoms with van der Waals surface area (Å²) >= 11 is 0. The van der Waals surface area contributed by atoms with Crippen LogP contribution in [0.25, 0.3) is 0 Å². The first-order chi connectivity index (χ1) is 11.8. The van der Waals surface area contributed by atoms with Crippen molar-refractivity contribution in [1.82, 2.24) is 0 Å². The summed E-state index contributed by atoms with van der Waals surface area (Å²) < 4.78 is 0. The van der Waals surface area contributed by atoms with Crippen LogP contribution >= 0.6 is 0 Å². The Morgan fingerprint density at radius 1 is 1.16 bits per heavy atom. The van der Waals surface area contributed by atoms with Crippen molar-refractivity contribution >= 4 is 11.6 Å². The van der Waals surface area contributed by atoms with Gasteiger partial charge < -0.3 is 0 Å². The van der Waals surface area contributed by atoms with E-state index in [0.717, 1.165) is 37.5 Å². The molecule has 4 aliphatic carbocycles. The zero-order valence-corrected chi connectivity index (χ0v) is 16.4. The van der Waals surface area contributed by atoms with Gasteiger partial charge in [-0.25, -0.2) is 0 Å². The second kappa shape index (κ2) is 5.79. The summed E-state index contributed by atoms with van der Waals surface area (Å²) in [5, 5.41) is 0. The van der Waals surface area contributed by atoms with Crippen LogP contribution in [0.15, 0.2) is 11.6 Å². The molecule has 0 spiro atoms. The zero-order valence-electron chi connectivity index (χ0n) is 16.4. The van der Waals surface area contributed by atoms with Crippen LogP contribution in [-0.4, -0.2) is 11.6 Å². The molecule has 2 nitrogen and oxygen atoms in total. The van der Waals surface area contributed by atoms with Gasteiger partial charge in [0.15, 0.2) is 5.78 Å². The Morgan fingerprint density at radius 2 is 1.92 bits per heavy atom. The molecule has 7 atom stereocenters. The van der Waals surface area contributed by atoms with Crippen molar-refractivity contribution in [2.75, 3.05) is 0 Å². The third kappa shape index (κ3) is 2.35. The largest absolute Gasteiger partial charge is 0.300 e. The number of rotatable bonds is 2. The van der Waals surface area contributed by atoms with E-state index in [9.17, 15) is 9.59 Å². The molecule has 0 amide bonds. The Labute approximate surface area is 152 Å². The summed E-state index contributed by atoms with van der Waals surface area (Å²) in [7, 11) is 0. The summed E-state index contributed by atoms with van der Waals surface area (Å²) in [5.74, 6) is 3.83. The molecule has 4 rings (SSSR count). The third-order valence-corrected chi connectivity index (χ3v) is 9.10. The average molecular weight is 343 g/mol. The number of hydrogen-bond donors (Lipinski definition) is 0. The van der Waals surface area contributed by atoms with Crippen LogP contribution in [0.5, 0.6) is 0 Å². The summed E-state index contributed by atoms with van der Waals surface area (Å²) in [4.78, 5) is 24.5. The Hall–Kier alpha value is -0.920. The quantitative estimate of drug-likeness (QED) is 0.677. The topological polar surface area (TPSA) is 34.1 Å². The standard InChI is InChI=1S/C23H34O2/c1-5-15-12-20-18-7-6-16-13-17(25)8-10-22(16,3)19(18)9-11-23(20,4)21(15)14(2)24/h13,15,18-21H,5-12H2,1-4H3/t15-,18?,19?,20?,21?,22+,23+/m1/s1. The maximum Gasteiger partial charge on any atom is 0.155 e. The molecule has 0 N–H and O–H groups in total. The maximum atomic E-state index is 12.5. The van der Waals surface area contributed by atoms with Crippen molar-refractivity contribution in [1.29, 1.82) is 0 Å². The van der Waals surface area contributed by atoms with Gasteiger partial charge in [-0.3, -0.25) is 9.59 Å². The number of carbonyl (C=O) groups excluding carboxylic acids is 2.